The van der Waals surface area contributed by atoms with Crippen molar-refractivity contribution < 1.29 is 19.1 Å². The Labute approximate surface area is 124 Å². The summed E-state index contributed by atoms with van der Waals surface area (Å²) < 4.78 is 10.3. The molecule has 1 aromatic rings. The lowest BCUT2D eigenvalue weighted by atomic mass is 10.1. The summed E-state index contributed by atoms with van der Waals surface area (Å²) in [4.78, 5) is 24.0. The summed E-state index contributed by atoms with van der Waals surface area (Å²) in [6, 6.07) is 4.30. The third-order valence-corrected chi connectivity index (χ3v) is 2.94. The molecule has 0 saturated carbocycles. The lowest BCUT2D eigenvalue weighted by molar-refractivity contribution is -0.122. The summed E-state index contributed by atoms with van der Waals surface area (Å²) in [5, 5.41) is 5.37. The molecule has 0 spiro atoms. The first-order valence-corrected chi connectivity index (χ1v) is 6.84. The van der Waals surface area contributed by atoms with Gasteiger partial charge in [-0.05, 0) is 31.5 Å². The molecule has 1 aromatic carbocycles. The average Bonchev–Trinajstić information content (AvgIpc) is 2.51. The monoisotopic (exact) mass is 294 g/mol. The maximum atomic E-state index is 12.3. The molecule has 0 radical (unpaired) electrons. The van der Waals surface area contributed by atoms with Gasteiger partial charge in [-0.2, -0.15) is 0 Å². The van der Waals surface area contributed by atoms with E-state index in [0.717, 1.165) is 6.42 Å². The largest absolute Gasteiger partial charge is 0.497 e. The first-order valence-electron chi connectivity index (χ1n) is 6.84. The highest BCUT2D eigenvalue weighted by atomic mass is 16.5. The van der Waals surface area contributed by atoms with E-state index in [0.29, 0.717) is 23.6 Å². The molecule has 0 aromatic heterocycles. The van der Waals surface area contributed by atoms with Crippen LogP contribution in [0.1, 0.15) is 30.6 Å². The molecule has 0 unspecified atom stereocenters. The Morgan fingerprint density at radius 1 is 1.24 bits per heavy atom. The summed E-state index contributed by atoms with van der Waals surface area (Å²) in [5.74, 6) is 0.371. The molecule has 0 aliphatic carbocycles. The van der Waals surface area contributed by atoms with Gasteiger partial charge in [0, 0.05) is 6.54 Å². The Kier molecular flexibility index (Phi) is 6.52. The number of rotatable bonds is 7. The molecular weight excluding hydrogens is 272 g/mol. The number of methoxy groups -OCH3 is 2. The Hall–Kier alpha value is -2.24. The highest BCUT2D eigenvalue weighted by Crippen LogP contribution is 2.23. The zero-order chi connectivity index (χ0) is 15.8. The van der Waals surface area contributed by atoms with Crippen LogP contribution in [-0.4, -0.2) is 38.6 Å². The number of hydrogen-bond acceptors (Lipinski definition) is 4. The molecule has 0 heterocycles. The number of carbonyl (C=O) groups excluding carboxylic acids is 2. The van der Waals surface area contributed by atoms with Gasteiger partial charge in [-0.15, -0.1) is 0 Å². The van der Waals surface area contributed by atoms with Gasteiger partial charge in [0.1, 0.15) is 17.5 Å². The van der Waals surface area contributed by atoms with E-state index in [9.17, 15) is 9.59 Å². The molecule has 21 heavy (non-hydrogen) atoms. The van der Waals surface area contributed by atoms with Crippen molar-refractivity contribution in [3.8, 4) is 11.5 Å². The second kappa shape index (κ2) is 8.14. The standard InChI is InChI=1S/C15H22N2O4/c1-5-8-16-14(18)10(2)17-15(19)12-9-11(20-3)6-7-13(12)21-4/h6-7,9-10H,5,8H2,1-4H3,(H,16,18)(H,17,19)/t10-/m1/s1. The van der Waals surface area contributed by atoms with Gasteiger partial charge in [0.15, 0.2) is 0 Å². The van der Waals surface area contributed by atoms with Crippen LogP contribution in [0.15, 0.2) is 18.2 Å². The van der Waals surface area contributed by atoms with Crippen LogP contribution in [0.3, 0.4) is 0 Å². The average molecular weight is 294 g/mol. The minimum absolute atomic E-state index is 0.216. The molecule has 0 fully saturated rings. The molecule has 6 heteroatoms. The number of hydrogen-bond donors (Lipinski definition) is 2. The predicted molar refractivity (Wildman–Crippen MR) is 79.8 cm³/mol. The molecule has 116 valence electrons. The van der Waals surface area contributed by atoms with Crippen LogP contribution in [0, 0.1) is 0 Å². The van der Waals surface area contributed by atoms with Gasteiger partial charge in [0.25, 0.3) is 5.91 Å². The fourth-order valence-corrected chi connectivity index (χ4v) is 1.73. The van der Waals surface area contributed by atoms with E-state index in [1.165, 1.54) is 14.2 Å². The van der Waals surface area contributed by atoms with E-state index in [-0.39, 0.29) is 11.8 Å². The number of ether oxygens (including phenoxy) is 2. The first-order chi connectivity index (χ1) is 10.0. The summed E-state index contributed by atoms with van der Waals surface area (Å²) in [6.07, 6.45) is 0.843. The van der Waals surface area contributed by atoms with Crippen molar-refractivity contribution in [2.45, 2.75) is 26.3 Å². The maximum Gasteiger partial charge on any atom is 0.255 e. The third kappa shape index (κ3) is 4.66. The van der Waals surface area contributed by atoms with E-state index in [1.807, 2.05) is 6.92 Å². The van der Waals surface area contributed by atoms with Crippen molar-refractivity contribution in [1.82, 2.24) is 10.6 Å². The van der Waals surface area contributed by atoms with Gasteiger partial charge in [-0.25, -0.2) is 0 Å². The second-order valence-corrected chi connectivity index (χ2v) is 4.55. The summed E-state index contributed by atoms with van der Waals surface area (Å²) in [7, 11) is 3.00. The minimum atomic E-state index is -0.625. The van der Waals surface area contributed by atoms with Gasteiger partial charge in [0.05, 0.1) is 19.8 Å². The van der Waals surface area contributed by atoms with Crippen molar-refractivity contribution in [2.24, 2.45) is 0 Å². The Morgan fingerprint density at radius 2 is 1.95 bits per heavy atom. The zero-order valence-electron chi connectivity index (χ0n) is 12.9. The molecule has 0 aliphatic rings. The minimum Gasteiger partial charge on any atom is -0.497 e. The number of nitrogens with one attached hydrogen (secondary N) is 2. The van der Waals surface area contributed by atoms with Crippen molar-refractivity contribution in [3.05, 3.63) is 23.8 Å². The van der Waals surface area contributed by atoms with Gasteiger partial charge in [0.2, 0.25) is 5.91 Å². The Balaban J connectivity index is 2.81. The van der Waals surface area contributed by atoms with E-state index in [2.05, 4.69) is 10.6 Å². The van der Waals surface area contributed by atoms with Crippen LogP contribution in [0.5, 0.6) is 11.5 Å². The first kappa shape index (κ1) is 16.8. The topological polar surface area (TPSA) is 76.7 Å². The van der Waals surface area contributed by atoms with Crippen molar-refractivity contribution in [1.29, 1.82) is 0 Å². The van der Waals surface area contributed by atoms with E-state index in [1.54, 1.807) is 25.1 Å². The molecule has 0 bridgehead atoms. The SMILES string of the molecule is CCCNC(=O)[C@@H](C)NC(=O)c1cc(OC)ccc1OC. The Morgan fingerprint density at radius 3 is 2.52 bits per heavy atom. The molecule has 2 amide bonds. The normalized spacial score (nSPS) is 11.4. The summed E-state index contributed by atoms with van der Waals surface area (Å²) in [5.41, 5.74) is 0.326. The smallest absolute Gasteiger partial charge is 0.255 e. The molecule has 0 aliphatic heterocycles. The highest BCUT2D eigenvalue weighted by Gasteiger charge is 2.19. The summed E-state index contributed by atoms with van der Waals surface area (Å²) >= 11 is 0. The second-order valence-electron chi connectivity index (χ2n) is 4.55. The molecule has 0 saturated heterocycles. The molecule has 2 N–H and O–H groups in total. The van der Waals surface area contributed by atoms with Gasteiger partial charge in [-0.3, -0.25) is 9.59 Å². The van der Waals surface area contributed by atoms with Gasteiger partial charge in [-0.1, -0.05) is 6.92 Å². The number of amides is 2. The molecule has 1 atom stereocenters. The number of carbonyl (C=O) groups is 2. The maximum absolute atomic E-state index is 12.3. The predicted octanol–water partition coefficient (Wildman–Crippen LogP) is 1.35. The fourth-order valence-electron chi connectivity index (χ4n) is 1.73. The van der Waals surface area contributed by atoms with Crippen LogP contribution in [0.2, 0.25) is 0 Å². The van der Waals surface area contributed by atoms with Crippen LogP contribution < -0.4 is 20.1 Å². The van der Waals surface area contributed by atoms with E-state index >= 15 is 0 Å². The van der Waals surface area contributed by atoms with Crippen molar-refractivity contribution >= 4 is 11.8 Å². The van der Waals surface area contributed by atoms with Crippen molar-refractivity contribution in [2.75, 3.05) is 20.8 Å². The van der Waals surface area contributed by atoms with E-state index in [4.69, 9.17) is 9.47 Å². The van der Waals surface area contributed by atoms with E-state index < -0.39 is 6.04 Å². The third-order valence-electron chi connectivity index (χ3n) is 2.94. The Bertz CT molecular complexity index is 502. The molecular formula is C15H22N2O4. The molecule has 1 rings (SSSR count). The quantitative estimate of drug-likeness (QED) is 0.796. The lowest BCUT2D eigenvalue weighted by Crippen LogP contribution is -2.45. The van der Waals surface area contributed by atoms with Gasteiger partial charge < -0.3 is 20.1 Å². The number of benzene rings is 1. The van der Waals surface area contributed by atoms with Crippen LogP contribution >= 0.6 is 0 Å². The highest BCUT2D eigenvalue weighted by molar-refractivity contribution is 5.99. The van der Waals surface area contributed by atoms with Crippen LogP contribution in [0.25, 0.3) is 0 Å². The fraction of sp³-hybridized carbons (Fsp3) is 0.467. The van der Waals surface area contributed by atoms with Crippen LogP contribution in [-0.2, 0) is 4.79 Å². The zero-order valence-corrected chi connectivity index (χ0v) is 12.9. The van der Waals surface area contributed by atoms with Crippen LogP contribution in [0.4, 0.5) is 0 Å². The van der Waals surface area contributed by atoms with Crippen molar-refractivity contribution in [3.63, 3.8) is 0 Å². The summed E-state index contributed by atoms with van der Waals surface area (Å²) in [6.45, 7) is 4.18. The van der Waals surface area contributed by atoms with Gasteiger partial charge >= 0.3 is 0 Å². The molecule has 6 nitrogen and oxygen atoms in total. The lowest BCUT2D eigenvalue weighted by Gasteiger charge is -2.15.